The first-order valence-corrected chi connectivity index (χ1v) is 5.56. The highest BCUT2D eigenvalue weighted by Crippen LogP contribution is 2.49. The van der Waals surface area contributed by atoms with Crippen LogP contribution in [0.2, 0.25) is 0 Å². The Labute approximate surface area is 98.7 Å². The van der Waals surface area contributed by atoms with E-state index in [0.29, 0.717) is 12.0 Å². The van der Waals surface area contributed by atoms with Gasteiger partial charge in [-0.1, -0.05) is 60.5 Å². The minimum absolute atomic E-state index is 0.186. The van der Waals surface area contributed by atoms with Gasteiger partial charge < -0.3 is 0 Å². The molecule has 0 saturated carbocycles. The van der Waals surface area contributed by atoms with Crippen molar-refractivity contribution < 1.29 is 4.79 Å². The number of carbonyl (C=O) groups excluding carboxylic acids is 1. The van der Waals surface area contributed by atoms with Crippen molar-refractivity contribution in [2.75, 3.05) is 0 Å². The van der Waals surface area contributed by atoms with E-state index in [1.807, 2.05) is 37.3 Å². The molecule has 0 radical (unpaired) electrons. The van der Waals surface area contributed by atoms with Crippen LogP contribution in [0.4, 0.5) is 0 Å². The van der Waals surface area contributed by atoms with E-state index >= 15 is 0 Å². The van der Waals surface area contributed by atoms with Crippen molar-refractivity contribution in [1.29, 1.82) is 0 Å². The molecule has 1 nitrogen and oxygen atoms in total. The van der Waals surface area contributed by atoms with Gasteiger partial charge in [0.1, 0.15) is 0 Å². The second kappa shape index (κ2) is 3.66. The lowest BCUT2D eigenvalue weighted by atomic mass is 9.80. The van der Waals surface area contributed by atoms with E-state index in [4.69, 9.17) is 23.2 Å². The summed E-state index contributed by atoms with van der Waals surface area (Å²) in [7, 11) is 0. The summed E-state index contributed by atoms with van der Waals surface area (Å²) in [5.41, 5.74) is 2.40. The van der Waals surface area contributed by atoms with Gasteiger partial charge in [0.15, 0.2) is 0 Å². The summed E-state index contributed by atoms with van der Waals surface area (Å²) in [5.74, 6) is -0.186. The quantitative estimate of drug-likeness (QED) is 0.723. The highest BCUT2D eigenvalue weighted by molar-refractivity contribution is 6.69. The van der Waals surface area contributed by atoms with Crippen molar-refractivity contribution in [1.82, 2.24) is 0 Å². The van der Waals surface area contributed by atoms with Crippen molar-refractivity contribution in [3.8, 4) is 0 Å². The molecule has 0 unspecified atom stereocenters. The lowest BCUT2D eigenvalue weighted by Gasteiger charge is -2.34. The molecule has 0 heterocycles. The zero-order chi connectivity index (χ0) is 11.1. The van der Waals surface area contributed by atoms with Crippen molar-refractivity contribution in [3.63, 3.8) is 0 Å². The van der Waals surface area contributed by atoms with Crippen LogP contribution in [-0.4, -0.2) is 10.1 Å². The number of benzene rings is 1. The molecule has 1 aromatic rings. The standard InChI is InChI=1S/C12H10Cl2O/c1-2-9-10(11(15)12(9,13)14)8-6-4-3-5-7-8/h3-7H,2H2,1H3. The van der Waals surface area contributed by atoms with E-state index in [1.165, 1.54) is 0 Å². The molecule has 0 bridgehead atoms. The third kappa shape index (κ3) is 1.51. The average molecular weight is 241 g/mol. The first-order chi connectivity index (χ1) is 7.09. The topological polar surface area (TPSA) is 17.1 Å². The number of ketones is 1. The zero-order valence-electron chi connectivity index (χ0n) is 8.26. The van der Waals surface area contributed by atoms with Crippen LogP contribution in [0.3, 0.4) is 0 Å². The summed E-state index contributed by atoms with van der Waals surface area (Å²) in [6.07, 6.45) is 0.697. The highest BCUT2D eigenvalue weighted by atomic mass is 35.5. The Bertz CT molecular complexity index is 432. The molecule has 2 rings (SSSR count). The van der Waals surface area contributed by atoms with Gasteiger partial charge in [0.05, 0.1) is 0 Å². The van der Waals surface area contributed by atoms with Crippen LogP contribution in [-0.2, 0) is 4.79 Å². The van der Waals surface area contributed by atoms with Crippen LogP contribution in [0, 0.1) is 0 Å². The van der Waals surface area contributed by atoms with Crippen LogP contribution in [0.5, 0.6) is 0 Å². The predicted octanol–water partition coefficient (Wildman–Crippen LogP) is 3.61. The van der Waals surface area contributed by atoms with E-state index in [9.17, 15) is 4.79 Å². The summed E-state index contributed by atoms with van der Waals surface area (Å²) in [4.78, 5) is 11.7. The molecule has 0 atom stereocenters. The molecule has 0 saturated heterocycles. The van der Waals surface area contributed by atoms with Crippen LogP contribution in [0.15, 0.2) is 35.9 Å². The molecule has 0 fully saturated rings. The van der Waals surface area contributed by atoms with E-state index in [-0.39, 0.29) is 5.78 Å². The van der Waals surface area contributed by atoms with Gasteiger partial charge in [-0.25, -0.2) is 0 Å². The Morgan fingerprint density at radius 2 is 1.80 bits per heavy atom. The number of carbonyl (C=O) groups is 1. The molecular weight excluding hydrogens is 231 g/mol. The number of hydrogen-bond donors (Lipinski definition) is 0. The van der Waals surface area contributed by atoms with Gasteiger partial charge >= 0.3 is 0 Å². The van der Waals surface area contributed by atoms with E-state index in [1.54, 1.807) is 0 Å². The molecule has 78 valence electrons. The third-order valence-corrected chi connectivity index (χ3v) is 3.41. The highest BCUT2D eigenvalue weighted by Gasteiger charge is 2.50. The maximum Gasteiger partial charge on any atom is 0.203 e. The summed E-state index contributed by atoms with van der Waals surface area (Å²) in [6, 6.07) is 9.49. The first kappa shape index (κ1) is 10.7. The monoisotopic (exact) mass is 240 g/mol. The summed E-state index contributed by atoms with van der Waals surface area (Å²) in [5, 5.41) is 0. The summed E-state index contributed by atoms with van der Waals surface area (Å²) < 4.78 is -1.29. The van der Waals surface area contributed by atoms with Crippen molar-refractivity contribution in [3.05, 3.63) is 41.5 Å². The van der Waals surface area contributed by atoms with Gasteiger partial charge in [0.2, 0.25) is 10.1 Å². The molecule has 0 aromatic heterocycles. The molecule has 15 heavy (non-hydrogen) atoms. The molecular formula is C12H10Cl2O. The third-order valence-electron chi connectivity index (χ3n) is 2.61. The van der Waals surface area contributed by atoms with Crippen molar-refractivity contribution in [2.45, 2.75) is 17.7 Å². The maximum absolute atomic E-state index is 11.7. The molecule has 1 aliphatic carbocycles. The zero-order valence-corrected chi connectivity index (χ0v) is 9.77. The molecule has 1 aromatic carbocycles. The molecule has 0 spiro atoms. The predicted molar refractivity (Wildman–Crippen MR) is 63.1 cm³/mol. The average Bonchev–Trinajstić information content (AvgIpc) is 2.25. The van der Waals surface area contributed by atoms with Crippen LogP contribution in [0.1, 0.15) is 18.9 Å². The second-order valence-electron chi connectivity index (χ2n) is 3.48. The molecule has 1 aliphatic rings. The minimum atomic E-state index is -1.29. The Balaban J connectivity index is 2.52. The Morgan fingerprint density at radius 3 is 2.33 bits per heavy atom. The number of hydrogen-bond acceptors (Lipinski definition) is 1. The van der Waals surface area contributed by atoms with Crippen LogP contribution < -0.4 is 0 Å². The SMILES string of the molecule is CCC1=C(c2ccccc2)C(=O)C1(Cl)Cl. The number of rotatable bonds is 2. The lowest BCUT2D eigenvalue weighted by Crippen LogP contribution is -2.40. The molecule has 3 heteroatoms. The normalized spacial score (nSPS) is 19.0. The fourth-order valence-corrected chi connectivity index (χ4v) is 2.48. The lowest BCUT2D eigenvalue weighted by molar-refractivity contribution is -0.115. The number of Topliss-reactive ketones (excluding diaryl/α,β-unsaturated/α-hetero) is 1. The Morgan fingerprint density at radius 1 is 1.20 bits per heavy atom. The van der Waals surface area contributed by atoms with Gasteiger partial charge in [-0.05, 0) is 17.6 Å². The van der Waals surface area contributed by atoms with Gasteiger partial charge in [0, 0.05) is 5.57 Å². The Kier molecular flexibility index (Phi) is 2.61. The van der Waals surface area contributed by atoms with Gasteiger partial charge in [-0.3, -0.25) is 4.79 Å². The largest absolute Gasteiger partial charge is 0.290 e. The van der Waals surface area contributed by atoms with Gasteiger partial charge in [-0.15, -0.1) is 0 Å². The van der Waals surface area contributed by atoms with Gasteiger partial charge in [-0.2, -0.15) is 0 Å². The minimum Gasteiger partial charge on any atom is -0.290 e. The summed E-state index contributed by atoms with van der Waals surface area (Å²) >= 11 is 11.8. The molecule has 0 N–H and O–H groups in total. The number of halogens is 2. The summed E-state index contributed by atoms with van der Waals surface area (Å²) in [6.45, 7) is 1.95. The van der Waals surface area contributed by atoms with Crippen molar-refractivity contribution >= 4 is 34.6 Å². The van der Waals surface area contributed by atoms with Gasteiger partial charge in [0.25, 0.3) is 0 Å². The van der Waals surface area contributed by atoms with E-state index in [0.717, 1.165) is 11.1 Å². The van der Waals surface area contributed by atoms with E-state index < -0.39 is 4.33 Å². The fourth-order valence-electron chi connectivity index (χ4n) is 1.83. The smallest absolute Gasteiger partial charge is 0.203 e. The first-order valence-electron chi connectivity index (χ1n) is 4.80. The van der Waals surface area contributed by atoms with E-state index in [2.05, 4.69) is 0 Å². The maximum atomic E-state index is 11.7. The van der Waals surface area contributed by atoms with Crippen LogP contribution in [0.25, 0.3) is 5.57 Å². The fraction of sp³-hybridized carbons (Fsp3) is 0.250. The number of alkyl halides is 2. The number of allylic oxidation sites excluding steroid dienone is 2. The van der Waals surface area contributed by atoms with Crippen LogP contribution >= 0.6 is 23.2 Å². The molecule has 0 aliphatic heterocycles. The molecule has 0 amide bonds. The second-order valence-corrected chi connectivity index (χ2v) is 4.80. The Hall–Kier alpha value is -0.790. The van der Waals surface area contributed by atoms with Crippen molar-refractivity contribution in [2.24, 2.45) is 0 Å².